The minimum absolute atomic E-state index is 0.123. The predicted octanol–water partition coefficient (Wildman–Crippen LogP) is 4.03. The molecular formula is C14H13ClN2OS2. The summed E-state index contributed by atoms with van der Waals surface area (Å²) in [4.78, 5) is 14.3. The zero-order chi connectivity index (χ0) is 14.1. The smallest absolute Gasteiger partial charge is 0.265 e. The van der Waals surface area contributed by atoms with Crippen molar-refractivity contribution in [3.8, 4) is 0 Å². The Balaban J connectivity index is 1.82. The molecule has 104 valence electrons. The molecule has 1 aliphatic rings. The number of anilines is 2. The van der Waals surface area contributed by atoms with Gasteiger partial charge >= 0.3 is 0 Å². The Bertz CT molecular complexity index is 646. The first kappa shape index (κ1) is 13.8. The highest BCUT2D eigenvalue weighted by atomic mass is 35.5. The molecule has 3 N–H and O–H groups in total. The predicted molar refractivity (Wildman–Crippen MR) is 88.0 cm³/mol. The van der Waals surface area contributed by atoms with E-state index in [1.165, 1.54) is 10.4 Å². The number of thioether (sulfide) groups is 1. The molecule has 0 atom stereocenters. The highest BCUT2D eigenvalue weighted by Crippen LogP contribution is 2.32. The molecule has 2 aromatic rings. The van der Waals surface area contributed by atoms with Crippen LogP contribution in [0.4, 0.5) is 11.4 Å². The summed E-state index contributed by atoms with van der Waals surface area (Å²) in [5.74, 6) is 2.01. The summed E-state index contributed by atoms with van der Waals surface area (Å²) in [7, 11) is 0. The number of hydrogen-bond donors (Lipinski definition) is 2. The molecule has 0 bridgehead atoms. The van der Waals surface area contributed by atoms with E-state index in [0.717, 1.165) is 22.8 Å². The molecule has 1 aromatic carbocycles. The third kappa shape index (κ3) is 2.80. The molecule has 1 amide bonds. The fourth-order valence-electron chi connectivity index (χ4n) is 2.08. The van der Waals surface area contributed by atoms with Gasteiger partial charge in [0.05, 0.1) is 15.6 Å². The molecule has 3 rings (SSSR count). The highest BCUT2D eigenvalue weighted by molar-refractivity contribution is 7.98. The van der Waals surface area contributed by atoms with Gasteiger partial charge in [-0.3, -0.25) is 4.79 Å². The van der Waals surface area contributed by atoms with Crippen molar-refractivity contribution in [1.29, 1.82) is 0 Å². The molecule has 2 heterocycles. The standard InChI is InChI=1S/C14H13ClN2OS2/c15-10-2-1-9(16)6-11(10)17-14(18)13-5-8-7-19-4-3-12(8)20-13/h1-2,5-6H,3-4,7,16H2,(H,17,18). The van der Waals surface area contributed by atoms with Crippen LogP contribution in [0.5, 0.6) is 0 Å². The first-order chi connectivity index (χ1) is 9.63. The minimum Gasteiger partial charge on any atom is -0.399 e. The Morgan fingerprint density at radius 2 is 2.20 bits per heavy atom. The van der Waals surface area contributed by atoms with Gasteiger partial charge in [0.2, 0.25) is 0 Å². The maximum Gasteiger partial charge on any atom is 0.265 e. The Kier molecular flexibility index (Phi) is 3.92. The average Bonchev–Trinajstić information content (AvgIpc) is 2.87. The fourth-order valence-corrected chi connectivity index (χ4v) is 4.51. The average molecular weight is 325 g/mol. The van der Waals surface area contributed by atoms with Gasteiger partial charge in [0.15, 0.2) is 0 Å². The topological polar surface area (TPSA) is 55.1 Å². The van der Waals surface area contributed by atoms with Crippen molar-refractivity contribution < 1.29 is 4.79 Å². The molecule has 1 aromatic heterocycles. The van der Waals surface area contributed by atoms with Crippen LogP contribution in [0.15, 0.2) is 24.3 Å². The van der Waals surface area contributed by atoms with Crippen LogP contribution >= 0.6 is 34.7 Å². The lowest BCUT2D eigenvalue weighted by atomic mass is 10.2. The van der Waals surface area contributed by atoms with Crippen molar-refractivity contribution in [3.63, 3.8) is 0 Å². The lowest BCUT2D eigenvalue weighted by Crippen LogP contribution is -2.10. The van der Waals surface area contributed by atoms with Gasteiger partial charge < -0.3 is 11.1 Å². The van der Waals surface area contributed by atoms with Crippen molar-refractivity contribution in [1.82, 2.24) is 0 Å². The van der Waals surface area contributed by atoms with E-state index in [1.807, 2.05) is 17.8 Å². The normalized spacial score (nSPS) is 13.8. The molecule has 0 radical (unpaired) electrons. The van der Waals surface area contributed by atoms with Crippen molar-refractivity contribution in [2.24, 2.45) is 0 Å². The van der Waals surface area contributed by atoms with E-state index in [-0.39, 0.29) is 5.91 Å². The molecule has 0 aliphatic carbocycles. The van der Waals surface area contributed by atoms with Crippen molar-refractivity contribution in [2.45, 2.75) is 12.2 Å². The number of nitrogens with two attached hydrogens (primary N) is 1. The number of carbonyl (C=O) groups is 1. The number of halogens is 1. The second-order valence-corrected chi connectivity index (χ2v) is 7.20. The van der Waals surface area contributed by atoms with Crippen molar-refractivity contribution >= 4 is 52.0 Å². The molecule has 0 spiro atoms. The number of thiophene rings is 1. The van der Waals surface area contributed by atoms with E-state index in [1.54, 1.807) is 29.5 Å². The van der Waals surface area contributed by atoms with E-state index < -0.39 is 0 Å². The van der Waals surface area contributed by atoms with Gasteiger partial charge in [-0.15, -0.1) is 11.3 Å². The van der Waals surface area contributed by atoms with E-state index in [2.05, 4.69) is 5.32 Å². The van der Waals surface area contributed by atoms with Crippen molar-refractivity contribution in [3.05, 3.63) is 44.6 Å². The Hall–Kier alpha value is -1.17. The zero-order valence-corrected chi connectivity index (χ0v) is 13.0. The Labute approximate surface area is 130 Å². The van der Waals surface area contributed by atoms with Crippen LogP contribution in [0.25, 0.3) is 0 Å². The van der Waals surface area contributed by atoms with Gasteiger partial charge in [0.25, 0.3) is 5.91 Å². The van der Waals surface area contributed by atoms with Gasteiger partial charge in [0.1, 0.15) is 0 Å². The molecule has 20 heavy (non-hydrogen) atoms. The summed E-state index contributed by atoms with van der Waals surface area (Å²) in [6.07, 6.45) is 1.05. The van der Waals surface area contributed by atoms with Gasteiger partial charge in [-0.1, -0.05) is 11.6 Å². The summed E-state index contributed by atoms with van der Waals surface area (Å²) in [6.45, 7) is 0. The van der Waals surface area contributed by atoms with E-state index in [0.29, 0.717) is 16.4 Å². The molecule has 0 saturated carbocycles. The second-order valence-electron chi connectivity index (χ2n) is 4.56. The third-order valence-corrected chi connectivity index (χ3v) is 5.66. The van der Waals surface area contributed by atoms with Crippen LogP contribution in [0, 0.1) is 0 Å². The first-order valence-corrected chi connectivity index (χ1v) is 8.54. The first-order valence-electron chi connectivity index (χ1n) is 6.19. The fraction of sp³-hybridized carbons (Fsp3) is 0.214. The van der Waals surface area contributed by atoms with E-state index in [4.69, 9.17) is 17.3 Å². The number of nitrogens with one attached hydrogen (secondary N) is 1. The molecule has 1 aliphatic heterocycles. The Morgan fingerprint density at radius 3 is 3.00 bits per heavy atom. The zero-order valence-electron chi connectivity index (χ0n) is 10.6. The summed E-state index contributed by atoms with van der Waals surface area (Å²) >= 11 is 9.54. The second kappa shape index (κ2) is 5.68. The van der Waals surface area contributed by atoms with Crippen molar-refractivity contribution in [2.75, 3.05) is 16.8 Å². The van der Waals surface area contributed by atoms with E-state index in [9.17, 15) is 4.79 Å². The molecule has 0 unspecified atom stereocenters. The molecule has 0 saturated heterocycles. The van der Waals surface area contributed by atoms with Gasteiger partial charge in [-0.25, -0.2) is 0 Å². The quantitative estimate of drug-likeness (QED) is 0.820. The summed E-state index contributed by atoms with van der Waals surface area (Å²) < 4.78 is 0. The van der Waals surface area contributed by atoms with Crippen LogP contribution in [-0.2, 0) is 12.2 Å². The number of aryl methyl sites for hydroxylation is 1. The largest absolute Gasteiger partial charge is 0.399 e. The summed E-state index contributed by atoms with van der Waals surface area (Å²) in [5.41, 5.74) is 8.13. The third-order valence-electron chi connectivity index (χ3n) is 3.09. The van der Waals surface area contributed by atoms with Crippen LogP contribution in [0.2, 0.25) is 5.02 Å². The number of fused-ring (bicyclic) bond motifs is 1. The minimum atomic E-state index is -0.123. The van der Waals surface area contributed by atoms with Crippen LogP contribution < -0.4 is 11.1 Å². The van der Waals surface area contributed by atoms with Gasteiger partial charge in [-0.2, -0.15) is 11.8 Å². The Morgan fingerprint density at radius 1 is 1.35 bits per heavy atom. The molecule has 6 heteroatoms. The number of amides is 1. The molecular weight excluding hydrogens is 312 g/mol. The number of rotatable bonds is 2. The van der Waals surface area contributed by atoms with Crippen LogP contribution in [0.3, 0.4) is 0 Å². The lowest BCUT2D eigenvalue weighted by molar-refractivity contribution is 0.103. The van der Waals surface area contributed by atoms with Gasteiger partial charge in [-0.05, 0) is 42.0 Å². The maximum atomic E-state index is 12.3. The summed E-state index contributed by atoms with van der Waals surface area (Å²) in [6, 6.07) is 7.05. The number of nitrogen functional groups attached to an aromatic ring is 1. The van der Waals surface area contributed by atoms with Gasteiger partial charge in [0, 0.05) is 16.3 Å². The van der Waals surface area contributed by atoms with Crippen LogP contribution in [0.1, 0.15) is 20.1 Å². The number of benzene rings is 1. The summed E-state index contributed by atoms with van der Waals surface area (Å²) in [5, 5.41) is 3.32. The highest BCUT2D eigenvalue weighted by Gasteiger charge is 2.18. The molecule has 3 nitrogen and oxygen atoms in total. The lowest BCUT2D eigenvalue weighted by Gasteiger charge is -2.08. The molecule has 0 fully saturated rings. The van der Waals surface area contributed by atoms with E-state index >= 15 is 0 Å². The van der Waals surface area contributed by atoms with Crippen LogP contribution in [-0.4, -0.2) is 11.7 Å². The monoisotopic (exact) mass is 324 g/mol. The number of carbonyl (C=O) groups excluding carboxylic acids is 1. The number of hydrogen-bond acceptors (Lipinski definition) is 4. The maximum absolute atomic E-state index is 12.3. The SMILES string of the molecule is Nc1ccc(Cl)c(NC(=O)c2cc3c(s2)CCSC3)c1.